The molecule has 0 aromatic heterocycles. The van der Waals surface area contributed by atoms with Crippen LogP contribution in [0.25, 0.3) is 5.76 Å². The molecule has 1 aliphatic rings. The highest BCUT2D eigenvalue weighted by molar-refractivity contribution is 6.46. The number of nitrogens with zero attached hydrogens (tertiary/aromatic N) is 2. The maximum Gasteiger partial charge on any atom is 0.295 e. The van der Waals surface area contributed by atoms with Crippen LogP contribution in [0.3, 0.4) is 0 Å². The fraction of sp³-hybridized carbons (Fsp3) is 0.407. The summed E-state index contributed by atoms with van der Waals surface area (Å²) in [4.78, 5) is 29.7. The van der Waals surface area contributed by atoms with Crippen molar-refractivity contribution in [3.63, 3.8) is 0 Å². The van der Waals surface area contributed by atoms with Crippen LogP contribution in [0.5, 0.6) is 5.75 Å². The minimum Gasteiger partial charge on any atom is -0.507 e. The van der Waals surface area contributed by atoms with Crippen LogP contribution in [0.4, 0.5) is 4.39 Å². The van der Waals surface area contributed by atoms with Gasteiger partial charge in [0.25, 0.3) is 11.7 Å². The third kappa shape index (κ3) is 5.65. The highest BCUT2D eigenvalue weighted by Gasteiger charge is 2.45. The summed E-state index contributed by atoms with van der Waals surface area (Å²) in [7, 11) is 3.88. The number of aryl methyl sites for hydroxylation is 1. The molecule has 1 N–H and O–H groups in total. The minimum atomic E-state index is -0.768. The fourth-order valence-electron chi connectivity index (χ4n) is 4.00. The summed E-state index contributed by atoms with van der Waals surface area (Å²) in [6, 6.07) is 10.6. The van der Waals surface area contributed by atoms with E-state index in [1.165, 1.54) is 23.1 Å². The van der Waals surface area contributed by atoms with E-state index in [-0.39, 0.29) is 11.3 Å². The number of rotatable bonds is 9. The van der Waals surface area contributed by atoms with Gasteiger partial charge in [-0.2, -0.15) is 0 Å². The highest BCUT2D eigenvalue weighted by atomic mass is 19.1. The Labute approximate surface area is 200 Å². The third-order valence-corrected chi connectivity index (χ3v) is 5.73. The van der Waals surface area contributed by atoms with Crippen molar-refractivity contribution < 1.29 is 23.8 Å². The molecule has 1 heterocycles. The van der Waals surface area contributed by atoms with Gasteiger partial charge in [0.05, 0.1) is 18.2 Å². The van der Waals surface area contributed by atoms with Gasteiger partial charge in [-0.25, -0.2) is 4.39 Å². The number of likely N-dealkylation sites (tertiary alicyclic amines) is 1. The Morgan fingerprint density at radius 1 is 1.18 bits per heavy atom. The van der Waals surface area contributed by atoms with Crippen molar-refractivity contribution >= 4 is 17.4 Å². The third-order valence-electron chi connectivity index (χ3n) is 5.73. The van der Waals surface area contributed by atoms with E-state index in [1.807, 2.05) is 51.0 Å². The summed E-state index contributed by atoms with van der Waals surface area (Å²) in [5.41, 5.74) is 1.31. The van der Waals surface area contributed by atoms with Crippen LogP contribution < -0.4 is 4.74 Å². The van der Waals surface area contributed by atoms with Crippen molar-refractivity contribution in [3.8, 4) is 5.75 Å². The molecule has 0 bridgehead atoms. The number of aliphatic hydroxyl groups is 1. The first-order valence-corrected chi connectivity index (χ1v) is 11.5. The van der Waals surface area contributed by atoms with Crippen molar-refractivity contribution in [2.24, 2.45) is 5.92 Å². The Kier molecular flexibility index (Phi) is 8.10. The van der Waals surface area contributed by atoms with Crippen LogP contribution in [0.2, 0.25) is 0 Å². The number of Topliss-reactive ketones (excluding diaryl/α,β-unsaturated/α-hetero) is 1. The van der Waals surface area contributed by atoms with Gasteiger partial charge in [0, 0.05) is 12.1 Å². The van der Waals surface area contributed by atoms with Gasteiger partial charge in [-0.1, -0.05) is 26.0 Å². The second kappa shape index (κ2) is 10.8. The minimum absolute atomic E-state index is 0.00173. The first-order chi connectivity index (χ1) is 16.1. The lowest BCUT2D eigenvalue weighted by Crippen LogP contribution is -2.32. The molecule has 1 amide bonds. The number of amides is 1. The quantitative estimate of drug-likeness (QED) is 0.332. The molecule has 0 radical (unpaired) electrons. The van der Waals surface area contributed by atoms with E-state index in [4.69, 9.17) is 4.74 Å². The maximum absolute atomic E-state index is 13.8. The summed E-state index contributed by atoms with van der Waals surface area (Å²) >= 11 is 0. The van der Waals surface area contributed by atoms with Crippen LogP contribution in [0, 0.1) is 18.7 Å². The standard InChI is InChI=1S/C27H33FN2O4/c1-17(2)16-34-21-9-6-8-19(15-21)24-23(25(31)20-10-11-22(28)18(3)14-20)26(32)27(33)30(24)13-7-12-29(4)5/h6,8-11,14-15,17,24,31H,7,12-13,16H2,1-5H3/b25-23-. The zero-order chi connectivity index (χ0) is 25.0. The second-order valence-corrected chi connectivity index (χ2v) is 9.39. The summed E-state index contributed by atoms with van der Waals surface area (Å²) in [6.45, 7) is 7.30. The topological polar surface area (TPSA) is 70.1 Å². The van der Waals surface area contributed by atoms with Crippen molar-refractivity contribution in [1.82, 2.24) is 9.80 Å². The van der Waals surface area contributed by atoms with E-state index in [9.17, 15) is 19.1 Å². The van der Waals surface area contributed by atoms with Gasteiger partial charge in [-0.05, 0) is 81.4 Å². The Balaban J connectivity index is 2.09. The van der Waals surface area contributed by atoms with E-state index in [0.29, 0.717) is 47.9 Å². The van der Waals surface area contributed by atoms with Crippen molar-refractivity contribution in [2.45, 2.75) is 33.2 Å². The van der Waals surface area contributed by atoms with Crippen LogP contribution >= 0.6 is 0 Å². The van der Waals surface area contributed by atoms with Crippen LogP contribution in [-0.2, 0) is 9.59 Å². The number of hydrogen-bond donors (Lipinski definition) is 1. The zero-order valence-corrected chi connectivity index (χ0v) is 20.5. The fourth-order valence-corrected chi connectivity index (χ4v) is 4.00. The molecular weight excluding hydrogens is 435 g/mol. The average Bonchev–Trinajstić information content (AvgIpc) is 3.04. The molecule has 1 saturated heterocycles. The van der Waals surface area contributed by atoms with Gasteiger partial charge >= 0.3 is 0 Å². The predicted molar refractivity (Wildman–Crippen MR) is 130 cm³/mol. The summed E-state index contributed by atoms with van der Waals surface area (Å²) in [6.07, 6.45) is 0.662. The highest BCUT2D eigenvalue weighted by Crippen LogP contribution is 2.40. The number of hydrogen-bond acceptors (Lipinski definition) is 5. The lowest BCUT2D eigenvalue weighted by atomic mass is 9.94. The van der Waals surface area contributed by atoms with Crippen molar-refractivity contribution in [2.75, 3.05) is 33.8 Å². The van der Waals surface area contributed by atoms with Gasteiger partial charge in [0.15, 0.2) is 0 Å². The van der Waals surface area contributed by atoms with Gasteiger partial charge in [-0.15, -0.1) is 0 Å². The molecule has 0 saturated carbocycles. The molecule has 1 aliphatic heterocycles. The molecule has 34 heavy (non-hydrogen) atoms. The smallest absolute Gasteiger partial charge is 0.295 e. The Bertz CT molecular complexity index is 1090. The van der Waals surface area contributed by atoms with Gasteiger partial charge in [-0.3, -0.25) is 9.59 Å². The number of halogens is 1. The Hall–Kier alpha value is -3.19. The summed E-state index contributed by atoms with van der Waals surface area (Å²) in [5.74, 6) is -1.16. The number of carbonyl (C=O) groups excluding carboxylic acids is 2. The monoisotopic (exact) mass is 468 g/mol. The molecule has 0 aliphatic carbocycles. The van der Waals surface area contributed by atoms with Gasteiger partial charge in [0.2, 0.25) is 0 Å². The summed E-state index contributed by atoms with van der Waals surface area (Å²) in [5, 5.41) is 11.2. The molecule has 2 aromatic rings. The van der Waals surface area contributed by atoms with Crippen molar-refractivity contribution in [3.05, 3.63) is 70.5 Å². The molecule has 1 fully saturated rings. The maximum atomic E-state index is 13.8. The van der Waals surface area contributed by atoms with E-state index in [1.54, 1.807) is 13.0 Å². The second-order valence-electron chi connectivity index (χ2n) is 9.39. The van der Waals surface area contributed by atoms with Crippen LogP contribution in [-0.4, -0.2) is 60.4 Å². The van der Waals surface area contributed by atoms with Crippen LogP contribution in [0.15, 0.2) is 48.0 Å². The summed E-state index contributed by atoms with van der Waals surface area (Å²) < 4.78 is 19.7. The van der Waals surface area contributed by atoms with E-state index < -0.39 is 23.5 Å². The van der Waals surface area contributed by atoms with E-state index in [0.717, 1.165) is 6.54 Å². The SMILES string of the molecule is Cc1cc(/C(O)=C2/C(=O)C(=O)N(CCCN(C)C)C2c2cccc(OCC(C)C)c2)ccc1F. The molecule has 6 nitrogen and oxygen atoms in total. The first-order valence-electron chi connectivity index (χ1n) is 11.5. The Morgan fingerprint density at radius 3 is 2.56 bits per heavy atom. The normalized spacial score (nSPS) is 17.8. The van der Waals surface area contributed by atoms with Gasteiger partial charge < -0.3 is 19.6 Å². The van der Waals surface area contributed by atoms with Crippen molar-refractivity contribution in [1.29, 1.82) is 0 Å². The largest absolute Gasteiger partial charge is 0.507 e. The van der Waals surface area contributed by atoms with Gasteiger partial charge in [0.1, 0.15) is 17.3 Å². The number of aliphatic hydroxyl groups excluding tert-OH is 1. The predicted octanol–water partition coefficient (Wildman–Crippen LogP) is 4.54. The van der Waals surface area contributed by atoms with E-state index in [2.05, 4.69) is 0 Å². The molecule has 3 rings (SSSR count). The molecule has 7 heteroatoms. The first kappa shape index (κ1) is 25.4. The molecule has 182 valence electrons. The molecule has 1 atom stereocenters. The Morgan fingerprint density at radius 2 is 1.91 bits per heavy atom. The zero-order valence-electron chi connectivity index (χ0n) is 20.5. The number of benzene rings is 2. The lowest BCUT2D eigenvalue weighted by molar-refractivity contribution is -0.139. The molecule has 2 aromatic carbocycles. The molecular formula is C27H33FN2O4. The number of ether oxygens (including phenoxy) is 1. The number of carbonyl (C=O) groups is 2. The number of ketones is 1. The van der Waals surface area contributed by atoms with Crippen LogP contribution in [0.1, 0.15) is 43.0 Å². The average molecular weight is 469 g/mol. The molecule has 1 unspecified atom stereocenters. The van der Waals surface area contributed by atoms with E-state index >= 15 is 0 Å². The lowest BCUT2D eigenvalue weighted by Gasteiger charge is -2.26. The molecule has 0 spiro atoms.